The Morgan fingerprint density at radius 2 is 0.595 bits per heavy atom. The van der Waals surface area contributed by atoms with Crippen LogP contribution in [0.15, 0.2) is 97.1 Å². The van der Waals surface area contributed by atoms with Gasteiger partial charge < -0.3 is 25.1 Å². The molecule has 2 aliphatic carbocycles. The second-order valence-corrected chi connectivity index (χ2v) is 8.99. The molecule has 0 aliphatic heterocycles. The molecule has 6 rings (SSSR count). The second kappa shape index (κ2) is 17.5. The molecule has 0 unspecified atom stereocenters. The van der Waals surface area contributed by atoms with Gasteiger partial charge in [-0.15, -0.1) is 0 Å². The molecule has 2 aliphatic rings. The summed E-state index contributed by atoms with van der Waals surface area (Å²) < 4.78 is 0. The Balaban J connectivity index is 0. The Labute approximate surface area is 277 Å². The molecule has 0 aromatic heterocycles. The topological polar surface area (TPSA) is 74.6 Å². The van der Waals surface area contributed by atoms with Crippen molar-refractivity contribution in [3.8, 4) is 0 Å². The van der Waals surface area contributed by atoms with Crippen LogP contribution in [0.5, 0.6) is 0 Å². The number of carbonyl (C=O) groups excluding carboxylic acids is 2. The molecule has 2 N–H and O–H groups in total. The zero-order valence-electron chi connectivity index (χ0n) is 26.9. The van der Waals surface area contributed by atoms with Crippen LogP contribution in [0, 0.1) is 14.9 Å². The van der Waals surface area contributed by atoms with E-state index < -0.39 is 11.2 Å². The molecule has 4 aromatic carbocycles. The molecule has 0 saturated heterocycles. The molecule has 0 saturated carbocycles. The van der Waals surface area contributed by atoms with E-state index >= 15 is 0 Å². The van der Waals surface area contributed by atoms with Crippen LogP contribution in [0.25, 0.3) is 0 Å². The molecule has 0 fully saturated rings. The monoisotopic (exact) mass is 552 g/mol. The zero-order chi connectivity index (χ0) is 28.1. The van der Waals surface area contributed by atoms with Crippen molar-refractivity contribution >= 4 is 11.6 Å². The third-order valence-corrected chi connectivity index (χ3v) is 6.78. The molecule has 4 aromatic rings. The van der Waals surface area contributed by atoms with Gasteiger partial charge in [0.25, 0.3) is 0 Å². The summed E-state index contributed by atoms with van der Waals surface area (Å²) in [4.78, 5) is 24.2. The zero-order valence-corrected chi connectivity index (χ0v) is 26.9. The molecule has 4 nitrogen and oxygen atoms in total. The molecule has 0 spiro atoms. The van der Waals surface area contributed by atoms with E-state index in [1.165, 1.54) is 0 Å². The van der Waals surface area contributed by atoms with Crippen molar-refractivity contribution in [2.75, 3.05) is 0 Å². The molecule has 42 heavy (non-hydrogen) atoms. The Morgan fingerprint density at radius 1 is 0.429 bits per heavy atom. The SMILES string of the molecule is CC.CC.CC1(O)c2ccccc2C(C)(O)c2ccccc21.O=C1c2ccccc2C(=O)c2ccccc21.[CH3-].[CH3-].[Li+].[Li+]. The fraction of sp³-hybridized carbons (Fsp3) is 0.222. The van der Waals surface area contributed by atoms with Crippen molar-refractivity contribution < 1.29 is 57.5 Å². The molecular formula is C36H42Li2O4. The van der Waals surface area contributed by atoms with E-state index in [2.05, 4.69) is 0 Å². The van der Waals surface area contributed by atoms with Gasteiger partial charge in [0.1, 0.15) is 11.2 Å². The van der Waals surface area contributed by atoms with Gasteiger partial charge in [-0.2, -0.15) is 0 Å². The molecule has 212 valence electrons. The van der Waals surface area contributed by atoms with E-state index in [4.69, 9.17) is 0 Å². The van der Waals surface area contributed by atoms with E-state index in [-0.39, 0.29) is 64.1 Å². The summed E-state index contributed by atoms with van der Waals surface area (Å²) >= 11 is 0. The average molecular weight is 553 g/mol. The number of hydrogen-bond donors (Lipinski definition) is 2. The molecule has 0 atom stereocenters. The number of fused-ring (bicyclic) bond motifs is 4. The summed E-state index contributed by atoms with van der Waals surface area (Å²) in [5.74, 6) is -0.128. The summed E-state index contributed by atoms with van der Waals surface area (Å²) in [7, 11) is 0. The van der Waals surface area contributed by atoms with Crippen LogP contribution in [-0.4, -0.2) is 21.8 Å². The molecular weight excluding hydrogens is 510 g/mol. The number of carbonyl (C=O) groups is 2. The van der Waals surface area contributed by atoms with Crippen LogP contribution in [0.1, 0.15) is 95.6 Å². The van der Waals surface area contributed by atoms with Crippen LogP contribution in [0.2, 0.25) is 0 Å². The van der Waals surface area contributed by atoms with Gasteiger partial charge in [0, 0.05) is 22.3 Å². The van der Waals surface area contributed by atoms with Gasteiger partial charge in [-0.05, 0) is 36.1 Å². The Morgan fingerprint density at radius 3 is 0.786 bits per heavy atom. The third-order valence-electron chi connectivity index (χ3n) is 6.78. The maximum Gasteiger partial charge on any atom is 1.00 e. The minimum Gasteiger partial charge on any atom is -0.381 e. The maximum absolute atomic E-state index is 12.1. The summed E-state index contributed by atoms with van der Waals surface area (Å²) in [6.07, 6.45) is 0. The summed E-state index contributed by atoms with van der Waals surface area (Å²) in [5.41, 5.74) is 2.99. The number of ketones is 2. The molecule has 0 heterocycles. The Hall–Kier alpha value is -2.67. The maximum atomic E-state index is 12.1. The van der Waals surface area contributed by atoms with Gasteiger partial charge in [0.15, 0.2) is 11.6 Å². The largest absolute Gasteiger partial charge is 1.00 e. The Kier molecular flexibility index (Phi) is 17.2. The molecule has 6 heteroatoms. The quantitative estimate of drug-likeness (QED) is 0.228. The minimum absolute atomic E-state index is 0. The summed E-state index contributed by atoms with van der Waals surface area (Å²) in [6.45, 7) is 11.6. The van der Waals surface area contributed by atoms with Crippen LogP contribution >= 0.6 is 0 Å². The van der Waals surface area contributed by atoms with E-state index in [0.29, 0.717) is 22.3 Å². The van der Waals surface area contributed by atoms with Crippen LogP contribution < -0.4 is 37.7 Å². The van der Waals surface area contributed by atoms with Crippen LogP contribution in [-0.2, 0) is 11.2 Å². The normalized spacial score (nSPS) is 18.0. The fourth-order valence-electron chi connectivity index (χ4n) is 5.00. The molecule has 0 amide bonds. The first-order chi connectivity index (χ1) is 18.2. The van der Waals surface area contributed by atoms with Gasteiger partial charge in [0.2, 0.25) is 0 Å². The first kappa shape index (κ1) is 41.5. The predicted octanol–water partition coefficient (Wildman–Crippen LogP) is 1.93. The van der Waals surface area contributed by atoms with Crippen molar-refractivity contribution in [1.82, 2.24) is 0 Å². The number of benzene rings is 4. The van der Waals surface area contributed by atoms with Crippen LogP contribution in [0.4, 0.5) is 0 Å². The fourth-order valence-corrected chi connectivity index (χ4v) is 5.00. The summed E-state index contributed by atoms with van der Waals surface area (Å²) in [5, 5.41) is 21.6. The van der Waals surface area contributed by atoms with Crippen molar-refractivity contribution in [2.24, 2.45) is 0 Å². The average Bonchev–Trinajstić information content (AvgIpc) is 2.98. The van der Waals surface area contributed by atoms with Gasteiger partial charge in [-0.1, -0.05) is 125 Å². The van der Waals surface area contributed by atoms with Crippen molar-refractivity contribution in [3.05, 3.63) is 156 Å². The molecule has 0 radical (unpaired) electrons. The smallest absolute Gasteiger partial charge is 0.381 e. The summed E-state index contributed by atoms with van der Waals surface area (Å²) in [6, 6.07) is 28.9. The van der Waals surface area contributed by atoms with Crippen molar-refractivity contribution in [3.63, 3.8) is 0 Å². The number of hydrogen-bond acceptors (Lipinski definition) is 4. The van der Waals surface area contributed by atoms with Crippen molar-refractivity contribution in [2.45, 2.75) is 52.7 Å². The first-order valence-electron chi connectivity index (χ1n) is 13.2. The van der Waals surface area contributed by atoms with Gasteiger partial charge in [0.05, 0.1) is 0 Å². The number of aliphatic hydroxyl groups is 2. The van der Waals surface area contributed by atoms with Crippen molar-refractivity contribution in [1.29, 1.82) is 0 Å². The standard InChI is InChI=1S/C16H16O2.C14H8O2.2C2H6.2CH3.2Li/c1-15(17)11-7-3-5-9-13(11)16(2,18)14-10-6-4-8-12(14)15;15-13-9-5-1-2-6-10(9)14(16)12-8-4-3-7-11(12)13;2*1-2;;;;/h3-10,17-18H,1-2H3;1-8H;2*1-2H3;2*1H3;;/q;;;;2*-1;2*+1. The second-order valence-electron chi connectivity index (χ2n) is 8.99. The van der Waals surface area contributed by atoms with E-state index in [0.717, 1.165) is 22.3 Å². The number of rotatable bonds is 0. The van der Waals surface area contributed by atoms with E-state index in [1.807, 2.05) is 76.2 Å². The Bertz CT molecular complexity index is 1250. The van der Waals surface area contributed by atoms with E-state index in [1.54, 1.807) is 62.4 Å². The van der Waals surface area contributed by atoms with Gasteiger partial charge in [-0.3, -0.25) is 9.59 Å². The third kappa shape index (κ3) is 7.45. The predicted molar refractivity (Wildman–Crippen MR) is 166 cm³/mol. The minimum atomic E-state index is -1.06. The van der Waals surface area contributed by atoms with Crippen LogP contribution in [0.3, 0.4) is 0 Å². The van der Waals surface area contributed by atoms with Gasteiger partial charge in [-0.25, -0.2) is 0 Å². The van der Waals surface area contributed by atoms with E-state index in [9.17, 15) is 19.8 Å². The first-order valence-corrected chi connectivity index (χ1v) is 13.2. The molecule has 0 bridgehead atoms. The van der Waals surface area contributed by atoms with Gasteiger partial charge >= 0.3 is 37.7 Å².